The monoisotopic (exact) mass is 349 g/mol. The minimum absolute atomic E-state index is 0.0286. The van der Waals surface area contributed by atoms with Crippen molar-refractivity contribution in [2.75, 3.05) is 56.9 Å². The van der Waals surface area contributed by atoms with Crippen molar-refractivity contribution < 1.29 is 14.3 Å². The van der Waals surface area contributed by atoms with Crippen LogP contribution in [0.4, 0.5) is 5.69 Å². The van der Waals surface area contributed by atoms with Crippen LogP contribution in [0.25, 0.3) is 0 Å². The number of carbonyl (C=O) groups excluding carboxylic acids is 2. The number of amides is 1. The number of esters is 1. The molecular formula is C17H23N3O3S. The summed E-state index contributed by atoms with van der Waals surface area (Å²) in [6, 6.07) is 7.46. The van der Waals surface area contributed by atoms with Crippen LogP contribution in [0.15, 0.2) is 24.3 Å². The molecule has 0 bridgehead atoms. The molecule has 0 aliphatic carbocycles. The summed E-state index contributed by atoms with van der Waals surface area (Å²) in [5, 5.41) is 0. The summed E-state index contributed by atoms with van der Waals surface area (Å²) in [6.07, 6.45) is 0. The lowest BCUT2D eigenvalue weighted by molar-refractivity contribution is -0.135. The van der Waals surface area contributed by atoms with Crippen LogP contribution < -0.4 is 4.90 Å². The maximum atomic E-state index is 12.6. The number of rotatable bonds is 3. The number of hydrogen-bond donors (Lipinski definition) is 0. The zero-order chi connectivity index (χ0) is 17.1. The average molecular weight is 349 g/mol. The van der Waals surface area contributed by atoms with Crippen molar-refractivity contribution in [3.63, 3.8) is 0 Å². The first-order valence-corrected chi connectivity index (χ1v) is 9.25. The number of benzene rings is 1. The highest BCUT2D eigenvalue weighted by Crippen LogP contribution is 2.22. The highest BCUT2D eigenvalue weighted by atomic mass is 32.2. The maximum absolute atomic E-state index is 12.6. The van der Waals surface area contributed by atoms with E-state index in [9.17, 15) is 9.59 Å². The molecule has 1 aromatic carbocycles. The van der Waals surface area contributed by atoms with Crippen molar-refractivity contribution in [2.24, 2.45) is 0 Å². The molecular weight excluding hydrogens is 326 g/mol. The zero-order valence-corrected chi connectivity index (χ0v) is 14.9. The van der Waals surface area contributed by atoms with Crippen LogP contribution in [-0.2, 0) is 9.53 Å². The Labute approximate surface area is 146 Å². The van der Waals surface area contributed by atoms with Gasteiger partial charge in [-0.05, 0) is 31.3 Å². The van der Waals surface area contributed by atoms with E-state index in [0.717, 1.165) is 43.5 Å². The highest BCUT2D eigenvalue weighted by molar-refractivity contribution is 7.99. The smallest absolute Gasteiger partial charge is 0.337 e. The topological polar surface area (TPSA) is 53.1 Å². The molecule has 0 aromatic heterocycles. The molecule has 24 heavy (non-hydrogen) atoms. The van der Waals surface area contributed by atoms with Gasteiger partial charge in [-0.3, -0.25) is 9.69 Å². The van der Waals surface area contributed by atoms with Gasteiger partial charge in [0.25, 0.3) is 0 Å². The number of hydrogen-bond acceptors (Lipinski definition) is 6. The molecule has 6 nitrogen and oxygen atoms in total. The number of thioether (sulfide) groups is 1. The Balaban J connectivity index is 1.57. The summed E-state index contributed by atoms with van der Waals surface area (Å²) < 4.78 is 4.72. The molecule has 130 valence electrons. The van der Waals surface area contributed by atoms with E-state index in [1.807, 2.05) is 35.8 Å². The van der Waals surface area contributed by atoms with Gasteiger partial charge in [0.15, 0.2) is 0 Å². The fourth-order valence-corrected chi connectivity index (χ4v) is 4.30. The summed E-state index contributed by atoms with van der Waals surface area (Å²) in [7, 11) is 3.40. The van der Waals surface area contributed by atoms with E-state index in [1.165, 1.54) is 7.11 Å². The summed E-state index contributed by atoms with van der Waals surface area (Å²) in [5.41, 5.74) is 1.63. The van der Waals surface area contributed by atoms with Gasteiger partial charge in [-0.1, -0.05) is 0 Å². The molecule has 0 radical (unpaired) electrons. The lowest BCUT2D eigenvalue weighted by Crippen LogP contribution is -2.53. The Bertz CT molecular complexity index is 600. The first-order chi connectivity index (χ1) is 11.6. The van der Waals surface area contributed by atoms with Crippen LogP contribution in [0, 0.1) is 0 Å². The molecule has 0 N–H and O–H groups in total. The first kappa shape index (κ1) is 17.1. The van der Waals surface area contributed by atoms with Crippen molar-refractivity contribution in [3.8, 4) is 0 Å². The van der Waals surface area contributed by atoms with Gasteiger partial charge >= 0.3 is 5.97 Å². The van der Waals surface area contributed by atoms with Gasteiger partial charge in [-0.25, -0.2) is 4.79 Å². The summed E-state index contributed by atoms with van der Waals surface area (Å²) >= 11 is 1.82. The van der Waals surface area contributed by atoms with Crippen LogP contribution >= 0.6 is 11.8 Å². The van der Waals surface area contributed by atoms with E-state index in [1.54, 1.807) is 12.1 Å². The molecule has 1 atom stereocenters. The van der Waals surface area contributed by atoms with Crippen LogP contribution in [0.2, 0.25) is 0 Å². The molecule has 3 rings (SSSR count). The molecule has 2 aliphatic rings. The number of methoxy groups -OCH3 is 1. The Morgan fingerprint density at radius 3 is 2.33 bits per heavy atom. The number of carbonyl (C=O) groups is 2. The quantitative estimate of drug-likeness (QED) is 0.763. The number of nitrogens with zero attached hydrogens (tertiary/aromatic N) is 3. The normalized spacial score (nSPS) is 21.8. The van der Waals surface area contributed by atoms with Crippen molar-refractivity contribution in [1.29, 1.82) is 0 Å². The first-order valence-electron chi connectivity index (χ1n) is 8.10. The fraction of sp³-hybridized carbons (Fsp3) is 0.529. The molecule has 2 fully saturated rings. The lowest BCUT2D eigenvalue weighted by Gasteiger charge is -2.37. The maximum Gasteiger partial charge on any atom is 0.337 e. The Kier molecular flexibility index (Phi) is 5.30. The lowest BCUT2D eigenvalue weighted by atomic mass is 10.1. The zero-order valence-electron chi connectivity index (χ0n) is 14.1. The van der Waals surface area contributed by atoms with Crippen molar-refractivity contribution in [2.45, 2.75) is 6.04 Å². The molecule has 0 spiro atoms. The number of anilines is 1. The standard InChI is InChI=1S/C17H23N3O3S/c1-18-12-24-11-15(18)16(21)20-9-7-19(8-10-20)14-5-3-13(4-6-14)17(22)23-2/h3-6,15H,7-12H2,1-2H3/t15-/m0/s1. The van der Waals surface area contributed by atoms with Gasteiger partial charge in [0.1, 0.15) is 0 Å². The predicted molar refractivity (Wildman–Crippen MR) is 95.5 cm³/mol. The Morgan fingerprint density at radius 2 is 1.79 bits per heavy atom. The molecule has 1 aromatic rings. The van der Waals surface area contributed by atoms with E-state index < -0.39 is 0 Å². The largest absolute Gasteiger partial charge is 0.465 e. The fourth-order valence-electron chi connectivity index (χ4n) is 3.11. The van der Waals surface area contributed by atoms with Crippen LogP contribution in [0.1, 0.15) is 10.4 Å². The molecule has 1 amide bonds. The van der Waals surface area contributed by atoms with Gasteiger partial charge in [0.05, 0.1) is 18.7 Å². The SMILES string of the molecule is COC(=O)c1ccc(N2CCN(C(=O)[C@@H]3CSCN3C)CC2)cc1. The summed E-state index contributed by atoms with van der Waals surface area (Å²) in [6.45, 7) is 3.11. The van der Waals surface area contributed by atoms with Gasteiger partial charge in [-0.2, -0.15) is 0 Å². The highest BCUT2D eigenvalue weighted by Gasteiger charge is 2.33. The van der Waals surface area contributed by atoms with Crippen molar-refractivity contribution in [3.05, 3.63) is 29.8 Å². The third kappa shape index (κ3) is 3.52. The van der Waals surface area contributed by atoms with Crippen LogP contribution in [0.3, 0.4) is 0 Å². The second-order valence-electron chi connectivity index (χ2n) is 6.12. The minimum Gasteiger partial charge on any atom is -0.465 e. The van der Waals surface area contributed by atoms with Gasteiger partial charge < -0.3 is 14.5 Å². The molecule has 0 unspecified atom stereocenters. The molecule has 0 saturated carbocycles. The second-order valence-corrected chi connectivity index (χ2v) is 7.12. The summed E-state index contributed by atoms with van der Waals surface area (Å²) in [4.78, 5) is 30.4. The van der Waals surface area contributed by atoms with E-state index in [0.29, 0.717) is 5.56 Å². The Morgan fingerprint density at radius 1 is 1.12 bits per heavy atom. The molecule has 2 saturated heterocycles. The van der Waals surface area contributed by atoms with Gasteiger partial charge in [0.2, 0.25) is 5.91 Å². The van der Waals surface area contributed by atoms with Crippen molar-refractivity contribution in [1.82, 2.24) is 9.80 Å². The van der Waals surface area contributed by atoms with E-state index >= 15 is 0 Å². The van der Waals surface area contributed by atoms with E-state index in [2.05, 4.69) is 9.80 Å². The van der Waals surface area contributed by atoms with Crippen molar-refractivity contribution >= 4 is 29.3 Å². The molecule has 2 heterocycles. The summed E-state index contributed by atoms with van der Waals surface area (Å²) in [5.74, 6) is 1.76. The van der Waals surface area contributed by atoms with Gasteiger partial charge in [0, 0.05) is 43.5 Å². The average Bonchev–Trinajstić information content (AvgIpc) is 3.06. The minimum atomic E-state index is -0.324. The van der Waals surface area contributed by atoms with Crippen LogP contribution in [-0.4, -0.2) is 79.7 Å². The number of piperazine rings is 1. The van der Waals surface area contributed by atoms with Crippen LogP contribution in [0.5, 0.6) is 0 Å². The predicted octanol–water partition coefficient (Wildman–Crippen LogP) is 1.13. The van der Waals surface area contributed by atoms with E-state index in [-0.39, 0.29) is 17.9 Å². The molecule has 7 heteroatoms. The number of likely N-dealkylation sites (N-methyl/N-ethyl adjacent to an activating group) is 1. The third-order valence-electron chi connectivity index (χ3n) is 4.63. The van der Waals surface area contributed by atoms with Gasteiger partial charge in [-0.15, -0.1) is 11.8 Å². The molecule has 2 aliphatic heterocycles. The third-order valence-corrected chi connectivity index (χ3v) is 5.77. The second kappa shape index (κ2) is 7.44. The Hall–Kier alpha value is -1.73. The number of ether oxygens (including phenoxy) is 1. The van der Waals surface area contributed by atoms with E-state index in [4.69, 9.17) is 4.74 Å².